The van der Waals surface area contributed by atoms with E-state index in [4.69, 9.17) is 0 Å². The van der Waals surface area contributed by atoms with Crippen molar-refractivity contribution in [3.8, 4) is 0 Å². The summed E-state index contributed by atoms with van der Waals surface area (Å²) in [7, 11) is 0. The number of carbonyl (C=O) groups is 1. The summed E-state index contributed by atoms with van der Waals surface area (Å²) in [5.74, 6) is 0.435. The number of nitrogens with one attached hydrogen (secondary N) is 1. The molecule has 0 radical (unpaired) electrons. The number of benzene rings is 2. The van der Waals surface area contributed by atoms with Gasteiger partial charge in [-0.2, -0.15) is 5.10 Å². The molecule has 3 aromatic rings. The molecule has 1 heterocycles. The zero-order valence-corrected chi connectivity index (χ0v) is 14.2. The topological polar surface area (TPSA) is 46.9 Å². The first-order valence-electron chi connectivity index (χ1n) is 7.99. The maximum atomic E-state index is 12.4. The van der Waals surface area contributed by atoms with Crippen LogP contribution in [0.3, 0.4) is 0 Å². The van der Waals surface area contributed by atoms with Gasteiger partial charge in [0, 0.05) is 17.8 Å². The van der Waals surface area contributed by atoms with Crippen molar-refractivity contribution in [2.45, 2.75) is 27.3 Å². The minimum absolute atomic E-state index is 0.128. The summed E-state index contributed by atoms with van der Waals surface area (Å²) in [5, 5.41) is 7.30. The van der Waals surface area contributed by atoms with E-state index in [0.717, 1.165) is 11.1 Å². The van der Waals surface area contributed by atoms with Gasteiger partial charge in [-0.1, -0.05) is 47.5 Å². The summed E-state index contributed by atoms with van der Waals surface area (Å²) in [6.45, 7) is 6.66. The minimum Gasteiger partial charge on any atom is -0.305 e. The standard InChI is InChI=1S/C20H21N3O/c1-14-5-8-17(9-6-14)13-23-11-10-19(22-23)21-20(24)18-12-15(2)4-7-16(18)3/h4-12H,13H2,1-3H3,(H,21,22,24). The Bertz CT molecular complexity index is 863. The Kier molecular flexibility index (Phi) is 4.47. The molecule has 0 saturated carbocycles. The van der Waals surface area contributed by atoms with Gasteiger partial charge in [0.1, 0.15) is 0 Å². The van der Waals surface area contributed by atoms with Crippen molar-refractivity contribution < 1.29 is 4.79 Å². The van der Waals surface area contributed by atoms with Crippen molar-refractivity contribution in [1.29, 1.82) is 0 Å². The summed E-state index contributed by atoms with van der Waals surface area (Å²) in [6, 6.07) is 16.0. The monoisotopic (exact) mass is 319 g/mol. The molecule has 24 heavy (non-hydrogen) atoms. The lowest BCUT2D eigenvalue weighted by Crippen LogP contribution is -2.14. The van der Waals surface area contributed by atoms with Gasteiger partial charge in [-0.15, -0.1) is 0 Å². The molecule has 0 aliphatic rings. The Balaban J connectivity index is 1.70. The maximum Gasteiger partial charge on any atom is 0.257 e. The molecular weight excluding hydrogens is 298 g/mol. The molecule has 0 atom stereocenters. The molecule has 0 saturated heterocycles. The molecule has 2 aromatic carbocycles. The number of nitrogens with zero attached hydrogens (tertiary/aromatic N) is 2. The highest BCUT2D eigenvalue weighted by molar-refractivity contribution is 6.04. The highest BCUT2D eigenvalue weighted by Crippen LogP contribution is 2.14. The molecule has 0 unspecified atom stereocenters. The van der Waals surface area contributed by atoms with Crippen LogP contribution >= 0.6 is 0 Å². The second-order valence-corrected chi connectivity index (χ2v) is 6.16. The number of carbonyl (C=O) groups excluding carboxylic acids is 1. The lowest BCUT2D eigenvalue weighted by molar-refractivity contribution is 0.102. The first-order chi connectivity index (χ1) is 11.5. The van der Waals surface area contributed by atoms with Gasteiger partial charge in [-0.05, 0) is 38.0 Å². The van der Waals surface area contributed by atoms with Crippen LogP contribution in [0, 0.1) is 20.8 Å². The molecule has 3 rings (SSSR count). The van der Waals surface area contributed by atoms with E-state index in [1.807, 2.05) is 49.0 Å². The molecule has 0 aliphatic carbocycles. The van der Waals surface area contributed by atoms with Crippen molar-refractivity contribution in [3.05, 3.63) is 82.5 Å². The number of rotatable bonds is 4. The number of hydrogen-bond donors (Lipinski definition) is 1. The number of amides is 1. The summed E-state index contributed by atoms with van der Waals surface area (Å²) in [6.07, 6.45) is 1.87. The fraction of sp³-hybridized carbons (Fsp3) is 0.200. The van der Waals surface area contributed by atoms with E-state index in [2.05, 4.69) is 41.6 Å². The van der Waals surface area contributed by atoms with Gasteiger partial charge in [0.2, 0.25) is 0 Å². The first kappa shape index (κ1) is 16.0. The van der Waals surface area contributed by atoms with Crippen LogP contribution in [0.15, 0.2) is 54.7 Å². The van der Waals surface area contributed by atoms with E-state index in [9.17, 15) is 4.79 Å². The third-order valence-corrected chi connectivity index (χ3v) is 3.99. The minimum atomic E-state index is -0.128. The molecule has 4 heteroatoms. The van der Waals surface area contributed by atoms with Crippen molar-refractivity contribution in [1.82, 2.24) is 9.78 Å². The third-order valence-electron chi connectivity index (χ3n) is 3.99. The van der Waals surface area contributed by atoms with Crippen LogP contribution in [0.4, 0.5) is 5.82 Å². The zero-order chi connectivity index (χ0) is 17.1. The van der Waals surface area contributed by atoms with Crippen molar-refractivity contribution >= 4 is 11.7 Å². The summed E-state index contributed by atoms with van der Waals surface area (Å²) < 4.78 is 1.82. The van der Waals surface area contributed by atoms with Crippen LogP contribution in [0.1, 0.15) is 32.6 Å². The van der Waals surface area contributed by atoms with Crippen LogP contribution in [0.25, 0.3) is 0 Å². The molecule has 0 spiro atoms. The predicted molar refractivity (Wildman–Crippen MR) is 96.4 cm³/mol. The molecule has 0 aliphatic heterocycles. The van der Waals surface area contributed by atoms with Gasteiger partial charge in [-0.25, -0.2) is 0 Å². The molecule has 1 N–H and O–H groups in total. The number of aryl methyl sites for hydroxylation is 3. The summed E-state index contributed by atoms with van der Waals surface area (Å²) >= 11 is 0. The van der Waals surface area contributed by atoms with Gasteiger partial charge < -0.3 is 5.32 Å². The zero-order valence-electron chi connectivity index (χ0n) is 14.2. The van der Waals surface area contributed by atoms with Crippen LogP contribution in [0.2, 0.25) is 0 Å². The van der Waals surface area contributed by atoms with Crippen molar-refractivity contribution in [3.63, 3.8) is 0 Å². The Morgan fingerprint density at radius 3 is 2.46 bits per heavy atom. The molecule has 0 bridgehead atoms. The molecule has 0 fully saturated rings. The third kappa shape index (κ3) is 3.71. The molecule has 1 amide bonds. The highest BCUT2D eigenvalue weighted by Gasteiger charge is 2.11. The Hall–Kier alpha value is -2.88. The first-order valence-corrected chi connectivity index (χ1v) is 7.99. The van der Waals surface area contributed by atoms with E-state index >= 15 is 0 Å². The van der Waals surface area contributed by atoms with Crippen LogP contribution in [-0.2, 0) is 6.54 Å². The average molecular weight is 319 g/mol. The smallest absolute Gasteiger partial charge is 0.257 e. The van der Waals surface area contributed by atoms with Gasteiger partial charge in [-0.3, -0.25) is 9.48 Å². The van der Waals surface area contributed by atoms with E-state index in [1.165, 1.54) is 11.1 Å². The second-order valence-electron chi connectivity index (χ2n) is 6.16. The molecule has 122 valence electrons. The number of anilines is 1. The summed E-state index contributed by atoms with van der Waals surface area (Å²) in [4.78, 5) is 12.4. The van der Waals surface area contributed by atoms with Gasteiger partial charge in [0.05, 0.1) is 6.54 Å². The lowest BCUT2D eigenvalue weighted by atomic mass is 10.1. The van der Waals surface area contributed by atoms with Crippen LogP contribution < -0.4 is 5.32 Å². The molecule has 1 aromatic heterocycles. The molecule has 4 nitrogen and oxygen atoms in total. The van der Waals surface area contributed by atoms with Crippen molar-refractivity contribution in [2.75, 3.05) is 5.32 Å². The number of hydrogen-bond acceptors (Lipinski definition) is 2. The highest BCUT2D eigenvalue weighted by atomic mass is 16.1. The maximum absolute atomic E-state index is 12.4. The van der Waals surface area contributed by atoms with E-state index in [-0.39, 0.29) is 5.91 Å². The van der Waals surface area contributed by atoms with Crippen molar-refractivity contribution in [2.24, 2.45) is 0 Å². The van der Waals surface area contributed by atoms with Crippen LogP contribution in [0.5, 0.6) is 0 Å². The SMILES string of the molecule is Cc1ccc(Cn2ccc(NC(=O)c3cc(C)ccc3C)n2)cc1. The van der Waals surface area contributed by atoms with Gasteiger partial charge in [0.25, 0.3) is 5.91 Å². The largest absolute Gasteiger partial charge is 0.305 e. The van der Waals surface area contributed by atoms with Gasteiger partial charge in [0.15, 0.2) is 5.82 Å². The lowest BCUT2D eigenvalue weighted by Gasteiger charge is -2.07. The number of aromatic nitrogens is 2. The van der Waals surface area contributed by atoms with E-state index in [1.54, 1.807) is 0 Å². The van der Waals surface area contributed by atoms with Gasteiger partial charge >= 0.3 is 0 Å². The Labute approximate surface area is 142 Å². The Morgan fingerprint density at radius 1 is 1.00 bits per heavy atom. The van der Waals surface area contributed by atoms with E-state index in [0.29, 0.717) is 17.9 Å². The fourth-order valence-electron chi connectivity index (χ4n) is 2.56. The van der Waals surface area contributed by atoms with E-state index < -0.39 is 0 Å². The second kappa shape index (κ2) is 6.71. The summed E-state index contributed by atoms with van der Waals surface area (Å²) in [5.41, 5.74) is 5.12. The molecular formula is C20H21N3O. The predicted octanol–water partition coefficient (Wildman–Crippen LogP) is 4.11. The normalized spacial score (nSPS) is 10.6. The quantitative estimate of drug-likeness (QED) is 0.786. The Morgan fingerprint density at radius 2 is 1.71 bits per heavy atom. The average Bonchev–Trinajstić information content (AvgIpc) is 2.99. The fourth-order valence-corrected chi connectivity index (χ4v) is 2.56. The van der Waals surface area contributed by atoms with Crippen LogP contribution in [-0.4, -0.2) is 15.7 Å².